The van der Waals surface area contributed by atoms with Crippen molar-refractivity contribution < 1.29 is 14.4 Å². The zero-order valence-electron chi connectivity index (χ0n) is 2.51. The standard InChI is InChI=1S/H3O3P.Pb.2H/c1-4(2)3;;;/h4H,(H2,1,2,3);;;. The Morgan fingerprint density at radius 1 is 1.40 bits per heavy atom. The molecule has 5 heavy (non-hydrogen) atoms. The van der Waals surface area contributed by atoms with Gasteiger partial charge < -0.3 is 9.79 Å². The molecule has 0 aliphatic rings. The van der Waals surface area contributed by atoms with E-state index in [4.69, 9.17) is 14.4 Å². The Labute approximate surface area is 50.1 Å². The summed E-state index contributed by atoms with van der Waals surface area (Å²) < 4.78 is 8.74. The van der Waals surface area contributed by atoms with E-state index in [1.165, 1.54) is 0 Å². The molecular weight excluding hydrogens is 286 g/mol. The van der Waals surface area contributed by atoms with Gasteiger partial charge in [-0.3, -0.25) is 4.57 Å². The molecule has 3 nitrogen and oxygen atoms in total. The minimum atomic E-state index is -3.13. The van der Waals surface area contributed by atoms with Gasteiger partial charge in [-0.25, -0.2) is 0 Å². The van der Waals surface area contributed by atoms with Crippen molar-refractivity contribution in [3.05, 3.63) is 0 Å². The molecule has 0 heterocycles. The third kappa shape index (κ3) is 41.6. The first-order chi connectivity index (χ1) is 1.73. The molecule has 0 fully saturated rings. The van der Waals surface area contributed by atoms with Crippen LogP contribution >= 0.6 is 8.25 Å². The number of hydrogen-bond donors (Lipinski definition) is 2. The van der Waals surface area contributed by atoms with Crippen LogP contribution in [0.2, 0.25) is 0 Å². The molecular formula is H5O3PPb. The van der Waals surface area contributed by atoms with E-state index in [0.717, 1.165) is 0 Å². The average Bonchev–Trinajstić information content (AvgIpc) is 0.811. The third-order valence-corrected chi connectivity index (χ3v) is 0. The van der Waals surface area contributed by atoms with Crippen molar-refractivity contribution in [2.45, 2.75) is 0 Å². The van der Waals surface area contributed by atoms with E-state index in [1.807, 2.05) is 0 Å². The fraction of sp³-hybridized carbons (Fsp3) is 0. The van der Waals surface area contributed by atoms with Crippen LogP contribution in [0.1, 0.15) is 0 Å². The molecule has 32 valence electrons. The van der Waals surface area contributed by atoms with Crippen LogP contribution in [0.4, 0.5) is 0 Å². The first-order valence-corrected chi connectivity index (χ1v) is 1.95. The van der Waals surface area contributed by atoms with Gasteiger partial charge in [-0.15, -0.1) is 0 Å². The van der Waals surface area contributed by atoms with Gasteiger partial charge in [-0.2, -0.15) is 0 Å². The second-order valence-corrected chi connectivity index (χ2v) is 0.848. The first kappa shape index (κ1) is 9.42. The first-order valence-electron chi connectivity index (χ1n) is 0.651. The summed E-state index contributed by atoms with van der Waals surface area (Å²) >= 11 is 0. The molecule has 0 bridgehead atoms. The van der Waals surface area contributed by atoms with Gasteiger partial charge in [0.05, 0.1) is 0 Å². The predicted octanol–water partition coefficient (Wildman–Crippen LogP) is -1.56. The fourth-order valence-corrected chi connectivity index (χ4v) is 0. The Balaban J connectivity index is 0. The van der Waals surface area contributed by atoms with Gasteiger partial charge in [0.2, 0.25) is 0 Å². The molecule has 0 aliphatic heterocycles. The van der Waals surface area contributed by atoms with E-state index in [0.29, 0.717) is 0 Å². The number of hydrogen-bond acceptors (Lipinski definition) is 1. The molecule has 0 spiro atoms. The van der Waals surface area contributed by atoms with Gasteiger partial charge in [0.15, 0.2) is 0 Å². The molecule has 0 atom stereocenters. The van der Waals surface area contributed by atoms with Crippen molar-refractivity contribution >= 4 is 35.6 Å². The van der Waals surface area contributed by atoms with Crippen LogP contribution < -0.4 is 0 Å². The van der Waals surface area contributed by atoms with Gasteiger partial charge in [0.25, 0.3) is 0 Å². The van der Waals surface area contributed by atoms with Crippen molar-refractivity contribution in [3.8, 4) is 0 Å². The Morgan fingerprint density at radius 2 is 1.40 bits per heavy atom. The molecule has 0 aromatic carbocycles. The van der Waals surface area contributed by atoms with Gasteiger partial charge in [-0.1, -0.05) is 0 Å². The van der Waals surface area contributed by atoms with Crippen molar-refractivity contribution in [1.29, 1.82) is 0 Å². The van der Waals surface area contributed by atoms with E-state index in [1.54, 1.807) is 0 Å². The molecule has 5 heteroatoms. The Hall–Kier alpha value is 1.07. The van der Waals surface area contributed by atoms with Crippen molar-refractivity contribution in [3.63, 3.8) is 0 Å². The van der Waals surface area contributed by atoms with Crippen LogP contribution in [0.3, 0.4) is 0 Å². The summed E-state index contributed by atoms with van der Waals surface area (Å²) in [5, 5.41) is 0. The van der Waals surface area contributed by atoms with Gasteiger partial charge in [0.1, 0.15) is 0 Å². The molecule has 0 aliphatic carbocycles. The minimum absolute atomic E-state index is 0. The van der Waals surface area contributed by atoms with Gasteiger partial charge >= 0.3 is 35.6 Å². The normalized spacial score (nSPS) is 7.00. The second-order valence-electron chi connectivity index (χ2n) is 0.283. The fourth-order valence-electron chi connectivity index (χ4n) is 0. The van der Waals surface area contributed by atoms with E-state index in [2.05, 4.69) is 0 Å². The molecule has 0 aromatic heterocycles. The Bertz CT molecular complexity index is 29.9. The van der Waals surface area contributed by atoms with Crippen LogP contribution in [-0.4, -0.2) is 37.1 Å². The molecule has 2 N–H and O–H groups in total. The molecule has 0 rings (SSSR count). The molecule has 0 amide bonds. The van der Waals surface area contributed by atoms with Crippen molar-refractivity contribution in [2.24, 2.45) is 0 Å². The van der Waals surface area contributed by atoms with E-state index < -0.39 is 8.25 Å². The average molecular weight is 291 g/mol. The molecule has 0 unspecified atom stereocenters. The van der Waals surface area contributed by atoms with Crippen LogP contribution in [-0.2, 0) is 4.57 Å². The summed E-state index contributed by atoms with van der Waals surface area (Å²) in [6.45, 7) is 0. The molecule has 0 aromatic rings. The summed E-state index contributed by atoms with van der Waals surface area (Å²) in [5.74, 6) is 0. The maximum absolute atomic E-state index is 8.74. The topological polar surface area (TPSA) is 57.5 Å². The van der Waals surface area contributed by atoms with E-state index in [-0.39, 0.29) is 27.3 Å². The summed E-state index contributed by atoms with van der Waals surface area (Å²) in [4.78, 5) is 14.3. The molecule has 2 radical (unpaired) electrons. The van der Waals surface area contributed by atoms with Crippen LogP contribution in [0.5, 0.6) is 0 Å². The summed E-state index contributed by atoms with van der Waals surface area (Å²) in [5.41, 5.74) is 0. The summed E-state index contributed by atoms with van der Waals surface area (Å²) in [7, 11) is -3.13. The number of rotatable bonds is 0. The van der Waals surface area contributed by atoms with Gasteiger partial charge in [-0.05, 0) is 0 Å². The zero-order chi connectivity index (χ0) is 3.58. The van der Waals surface area contributed by atoms with Gasteiger partial charge in [0, 0.05) is 0 Å². The van der Waals surface area contributed by atoms with E-state index in [9.17, 15) is 0 Å². The quantitative estimate of drug-likeness (QED) is 0.419. The summed E-state index contributed by atoms with van der Waals surface area (Å²) in [6.07, 6.45) is 0. The molecule has 0 saturated heterocycles. The van der Waals surface area contributed by atoms with Crippen molar-refractivity contribution in [2.75, 3.05) is 0 Å². The Morgan fingerprint density at radius 3 is 1.40 bits per heavy atom. The third-order valence-electron chi connectivity index (χ3n) is 0. The summed E-state index contributed by atoms with van der Waals surface area (Å²) in [6, 6.07) is 0. The maximum atomic E-state index is 8.74. The van der Waals surface area contributed by atoms with E-state index >= 15 is 0 Å². The van der Waals surface area contributed by atoms with Crippen LogP contribution in [0.15, 0.2) is 0 Å². The SMILES string of the molecule is O=[PH](O)O.[PbH2]. The second kappa shape index (κ2) is 5.07. The monoisotopic (exact) mass is 292 g/mol. The van der Waals surface area contributed by atoms with Crippen LogP contribution in [0, 0.1) is 0 Å². The molecule has 0 saturated carbocycles. The predicted molar refractivity (Wildman–Crippen MR) is 22.0 cm³/mol. The zero-order valence-corrected chi connectivity index (χ0v) is 9.01. The Kier molecular flexibility index (Phi) is 9.56. The van der Waals surface area contributed by atoms with Crippen LogP contribution in [0.25, 0.3) is 0 Å². The van der Waals surface area contributed by atoms with Crippen molar-refractivity contribution in [1.82, 2.24) is 0 Å².